The maximum Gasteiger partial charge on any atom is 0.416 e. The fraction of sp³-hybridized carbons (Fsp3) is 0.150. The molecule has 1 aromatic heterocycles. The van der Waals surface area contributed by atoms with Crippen LogP contribution in [0, 0.1) is 17.1 Å². The number of aromatic nitrogens is 2. The largest absolute Gasteiger partial charge is 0.416 e. The van der Waals surface area contributed by atoms with E-state index < -0.39 is 32.5 Å². The van der Waals surface area contributed by atoms with Crippen LogP contribution in [0.25, 0.3) is 22.4 Å². The van der Waals surface area contributed by atoms with Crippen molar-refractivity contribution >= 4 is 15.8 Å². The van der Waals surface area contributed by atoms with Gasteiger partial charge in [0, 0.05) is 17.7 Å². The van der Waals surface area contributed by atoms with Crippen LogP contribution in [0.15, 0.2) is 47.5 Å². The quantitative estimate of drug-likeness (QED) is 0.554. The number of nitrogens with one attached hydrogen (secondary N) is 1. The lowest BCUT2D eigenvalue weighted by atomic mass is 10.00. The minimum Gasteiger partial charge on any atom is -0.382 e. The van der Waals surface area contributed by atoms with Crippen LogP contribution in [-0.4, -0.2) is 24.9 Å². The van der Waals surface area contributed by atoms with E-state index in [2.05, 4.69) is 14.7 Å². The van der Waals surface area contributed by atoms with Crippen molar-refractivity contribution in [3.05, 3.63) is 59.7 Å². The summed E-state index contributed by atoms with van der Waals surface area (Å²) in [6, 6.07) is 7.42. The van der Waals surface area contributed by atoms with Crippen molar-refractivity contribution in [2.45, 2.75) is 18.0 Å². The Morgan fingerprint density at radius 2 is 1.84 bits per heavy atom. The number of hydrogen-bond donors (Lipinski definition) is 2. The molecule has 0 aliphatic carbocycles. The Labute approximate surface area is 180 Å². The zero-order valence-electron chi connectivity index (χ0n) is 16.4. The predicted molar refractivity (Wildman–Crippen MR) is 108 cm³/mol. The first-order chi connectivity index (χ1) is 15.0. The van der Waals surface area contributed by atoms with E-state index in [4.69, 9.17) is 5.73 Å². The predicted octanol–water partition coefficient (Wildman–Crippen LogP) is 3.72. The van der Waals surface area contributed by atoms with Crippen LogP contribution in [0.4, 0.5) is 23.4 Å². The molecule has 12 heteroatoms. The Balaban J connectivity index is 2.19. The highest BCUT2D eigenvalue weighted by atomic mass is 32.2. The van der Waals surface area contributed by atoms with Crippen molar-refractivity contribution in [1.29, 1.82) is 5.26 Å². The van der Waals surface area contributed by atoms with Gasteiger partial charge >= 0.3 is 6.18 Å². The number of anilines is 1. The number of nitrogens with zero attached hydrogens (tertiary/aromatic N) is 3. The highest BCUT2D eigenvalue weighted by molar-refractivity contribution is 7.89. The molecule has 0 aliphatic rings. The SMILES string of the molecule is CCNS(=O)(=O)c1cc(C(F)(F)F)ccc1-c1ccc(-c2ncc(N)nc2C#N)c(F)c1. The van der Waals surface area contributed by atoms with E-state index in [1.54, 1.807) is 6.07 Å². The fourth-order valence-electron chi connectivity index (χ4n) is 2.98. The Morgan fingerprint density at radius 1 is 1.16 bits per heavy atom. The number of benzene rings is 2. The molecule has 0 saturated heterocycles. The number of sulfonamides is 1. The van der Waals surface area contributed by atoms with Gasteiger partial charge in [-0.3, -0.25) is 0 Å². The Kier molecular flexibility index (Phi) is 6.16. The second-order valence-electron chi connectivity index (χ2n) is 6.51. The van der Waals surface area contributed by atoms with Crippen LogP contribution in [0.1, 0.15) is 18.2 Å². The summed E-state index contributed by atoms with van der Waals surface area (Å²) in [5.41, 5.74) is 3.79. The van der Waals surface area contributed by atoms with E-state index in [0.29, 0.717) is 12.1 Å². The molecule has 0 saturated carbocycles. The van der Waals surface area contributed by atoms with E-state index >= 15 is 0 Å². The van der Waals surface area contributed by atoms with E-state index in [1.807, 2.05) is 0 Å². The highest BCUT2D eigenvalue weighted by Crippen LogP contribution is 2.36. The first kappa shape index (κ1) is 23.1. The number of hydrogen-bond acceptors (Lipinski definition) is 6. The molecular formula is C20H15F4N5O2S. The molecule has 3 N–H and O–H groups in total. The summed E-state index contributed by atoms with van der Waals surface area (Å²) in [4.78, 5) is 7.06. The zero-order chi connectivity index (χ0) is 23.7. The lowest BCUT2D eigenvalue weighted by Crippen LogP contribution is -2.24. The minimum atomic E-state index is -4.77. The van der Waals surface area contributed by atoms with Gasteiger partial charge in [0.1, 0.15) is 23.4 Å². The molecule has 0 amide bonds. The van der Waals surface area contributed by atoms with Gasteiger partial charge in [-0.15, -0.1) is 0 Å². The maximum atomic E-state index is 14.9. The second kappa shape index (κ2) is 8.52. The fourth-order valence-corrected chi connectivity index (χ4v) is 4.27. The standard InChI is InChI=1S/C20H15F4N5O2S/c1-2-28-32(30,31)17-8-12(20(22,23)24)4-6-13(17)11-3-5-14(15(21)7-11)19-16(9-25)29-18(26)10-27-19/h3-8,10,28H,2H2,1H3,(H2,26,29). The topological polar surface area (TPSA) is 122 Å². The van der Waals surface area contributed by atoms with Crippen LogP contribution < -0.4 is 10.5 Å². The molecule has 0 aliphatic heterocycles. The third kappa shape index (κ3) is 4.53. The van der Waals surface area contributed by atoms with E-state index in [-0.39, 0.29) is 40.4 Å². The summed E-state index contributed by atoms with van der Waals surface area (Å²) in [6.45, 7) is 1.41. The first-order valence-corrected chi connectivity index (χ1v) is 10.5. The molecule has 1 heterocycles. The third-order valence-corrected chi connectivity index (χ3v) is 5.95. The van der Waals surface area contributed by atoms with Gasteiger partial charge in [-0.1, -0.05) is 19.1 Å². The van der Waals surface area contributed by atoms with Gasteiger partial charge < -0.3 is 5.73 Å². The van der Waals surface area contributed by atoms with Gasteiger partial charge in [-0.2, -0.15) is 18.4 Å². The first-order valence-electron chi connectivity index (χ1n) is 9.01. The molecule has 166 valence electrons. The van der Waals surface area contributed by atoms with Crippen molar-refractivity contribution in [1.82, 2.24) is 14.7 Å². The summed E-state index contributed by atoms with van der Waals surface area (Å²) in [7, 11) is -4.31. The minimum absolute atomic E-state index is 0.0124. The Morgan fingerprint density at radius 3 is 2.44 bits per heavy atom. The maximum absolute atomic E-state index is 14.9. The monoisotopic (exact) mass is 465 g/mol. The summed E-state index contributed by atoms with van der Waals surface area (Å²) >= 11 is 0. The highest BCUT2D eigenvalue weighted by Gasteiger charge is 2.33. The van der Waals surface area contributed by atoms with Gasteiger partial charge in [-0.25, -0.2) is 27.5 Å². The van der Waals surface area contributed by atoms with Crippen molar-refractivity contribution in [2.75, 3.05) is 12.3 Å². The van der Waals surface area contributed by atoms with E-state index in [9.17, 15) is 31.2 Å². The van der Waals surface area contributed by atoms with E-state index in [1.165, 1.54) is 19.1 Å². The second-order valence-corrected chi connectivity index (χ2v) is 8.24. The smallest absolute Gasteiger partial charge is 0.382 e. The molecule has 0 bridgehead atoms. The molecule has 3 aromatic rings. The van der Waals surface area contributed by atoms with Crippen LogP contribution in [-0.2, 0) is 16.2 Å². The van der Waals surface area contributed by atoms with Gasteiger partial charge in [0.15, 0.2) is 5.69 Å². The van der Waals surface area contributed by atoms with Gasteiger partial charge in [0.2, 0.25) is 10.0 Å². The zero-order valence-corrected chi connectivity index (χ0v) is 17.2. The van der Waals surface area contributed by atoms with Gasteiger partial charge in [0.25, 0.3) is 0 Å². The number of nitrogen functional groups attached to an aromatic ring is 1. The van der Waals surface area contributed by atoms with Crippen LogP contribution in [0.5, 0.6) is 0 Å². The van der Waals surface area contributed by atoms with Crippen molar-refractivity contribution in [3.63, 3.8) is 0 Å². The normalized spacial score (nSPS) is 11.9. The molecule has 0 fully saturated rings. The Bertz CT molecular complexity index is 1330. The molecular weight excluding hydrogens is 450 g/mol. The molecule has 3 rings (SSSR count). The number of halogens is 4. The van der Waals surface area contributed by atoms with Gasteiger partial charge in [0.05, 0.1) is 16.7 Å². The van der Waals surface area contributed by atoms with Crippen molar-refractivity contribution in [2.24, 2.45) is 0 Å². The summed E-state index contributed by atoms with van der Waals surface area (Å²) < 4.78 is 81.7. The number of nitriles is 1. The number of alkyl halides is 3. The average Bonchev–Trinajstić information content (AvgIpc) is 2.72. The molecule has 0 spiro atoms. The lowest BCUT2D eigenvalue weighted by molar-refractivity contribution is -0.137. The van der Waals surface area contributed by atoms with Crippen molar-refractivity contribution < 1.29 is 26.0 Å². The van der Waals surface area contributed by atoms with Crippen LogP contribution in [0.2, 0.25) is 0 Å². The van der Waals surface area contributed by atoms with E-state index in [0.717, 1.165) is 18.3 Å². The summed E-state index contributed by atoms with van der Waals surface area (Å²) in [5.74, 6) is -0.921. The molecule has 7 nitrogen and oxygen atoms in total. The summed E-state index contributed by atoms with van der Waals surface area (Å²) in [5, 5.41) is 9.20. The molecule has 0 radical (unpaired) electrons. The number of rotatable bonds is 5. The molecule has 0 atom stereocenters. The average molecular weight is 465 g/mol. The van der Waals surface area contributed by atoms with Crippen LogP contribution >= 0.6 is 0 Å². The summed E-state index contributed by atoms with van der Waals surface area (Å²) in [6.07, 6.45) is -3.63. The lowest BCUT2D eigenvalue weighted by Gasteiger charge is -2.15. The molecule has 0 unspecified atom stereocenters. The molecule has 32 heavy (non-hydrogen) atoms. The van der Waals surface area contributed by atoms with Crippen molar-refractivity contribution in [3.8, 4) is 28.5 Å². The van der Waals surface area contributed by atoms with Crippen LogP contribution in [0.3, 0.4) is 0 Å². The van der Waals surface area contributed by atoms with Gasteiger partial charge in [-0.05, 0) is 29.8 Å². The number of nitrogens with two attached hydrogens (primary N) is 1. The third-order valence-electron chi connectivity index (χ3n) is 4.37. The molecule has 2 aromatic carbocycles. The Hall–Kier alpha value is -3.56.